The molecule has 3 nitrogen and oxygen atoms in total. The maximum Gasteiger partial charge on any atom is 0.161 e. The number of Topliss-reactive ketones (excluding diaryl/α,β-unsaturated/α-hetero) is 1. The number of nitrogens with one attached hydrogen (secondary N) is 1. The van der Waals surface area contributed by atoms with E-state index in [0.717, 1.165) is 56.2 Å². The summed E-state index contributed by atoms with van der Waals surface area (Å²) in [5, 5.41) is 16.4. The number of phenols is 1. The van der Waals surface area contributed by atoms with Gasteiger partial charge in [0.15, 0.2) is 5.78 Å². The van der Waals surface area contributed by atoms with Crippen molar-refractivity contribution in [3.05, 3.63) is 81.5 Å². The molecule has 0 unspecified atom stereocenters. The van der Waals surface area contributed by atoms with Crippen LogP contribution in [0.4, 0.5) is 5.69 Å². The van der Waals surface area contributed by atoms with Crippen molar-refractivity contribution < 1.29 is 9.90 Å². The van der Waals surface area contributed by atoms with Crippen LogP contribution in [0.15, 0.2) is 70.3 Å². The molecule has 0 amide bonds. The Bertz CT molecular complexity index is 1130. The fraction of sp³-hybridized carbons (Fsp3) is 0.174. The van der Waals surface area contributed by atoms with Crippen molar-refractivity contribution in [2.45, 2.75) is 25.2 Å². The van der Waals surface area contributed by atoms with Crippen LogP contribution in [0, 0.1) is 0 Å². The van der Waals surface area contributed by atoms with Crippen LogP contribution in [0.3, 0.4) is 0 Å². The van der Waals surface area contributed by atoms with E-state index in [9.17, 15) is 9.90 Å². The molecule has 1 aliphatic heterocycles. The molecular formula is C23H18BrNO2. The molecule has 3 aromatic carbocycles. The number of ketones is 1. The maximum absolute atomic E-state index is 13.0. The molecule has 3 aromatic rings. The maximum atomic E-state index is 13.0. The zero-order valence-electron chi connectivity index (χ0n) is 14.6. The summed E-state index contributed by atoms with van der Waals surface area (Å²) in [4.78, 5) is 13.0. The number of allylic oxidation sites excluding steroid dienone is 2. The van der Waals surface area contributed by atoms with Gasteiger partial charge >= 0.3 is 0 Å². The SMILES string of the molecule is O=C1CCCC2=C1[C@H](c1cc(Br)ccc1O)c1c(ccc3ccccc13)N2. The number of hydrogen-bond donors (Lipinski definition) is 2. The molecule has 0 fully saturated rings. The Morgan fingerprint density at radius 1 is 1.04 bits per heavy atom. The lowest BCUT2D eigenvalue weighted by Gasteiger charge is -2.35. The Labute approximate surface area is 165 Å². The number of carbonyl (C=O) groups is 1. The van der Waals surface area contributed by atoms with Gasteiger partial charge in [0.05, 0.1) is 0 Å². The molecule has 1 atom stereocenters. The zero-order valence-corrected chi connectivity index (χ0v) is 16.2. The van der Waals surface area contributed by atoms with Crippen LogP contribution in [0.25, 0.3) is 10.8 Å². The molecule has 5 rings (SSSR count). The first-order valence-electron chi connectivity index (χ1n) is 9.17. The van der Waals surface area contributed by atoms with Crippen LogP contribution in [0.1, 0.15) is 36.3 Å². The first-order valence-corrected chi connectivity index (χ1v) is 9.96. The number of phenolic OH excluding ortho intramolecular Hbond substituents is 1. The van der Waals surface area contributed by atoms with Crippen molar-refractivity contribution in [3.63, 3.8) is 0 Å². The number of benzene rings is 3. The van der Waals surface area contributed by atoms with Gasteiger partial charge in [0.1, 0.15) is 5.75 Å². The molecule has 0 saturated heterocycles. The van der Waals surface area contributed by atoms with Crippen molar-refractivity contribution >= 4 is 38.2 Å². The summed E-state index contributed by atoms with van der Waals surface area (Å²) in [5.41, 5.74) is 4.66. The summed E-state index contributed by atoms with van der Waals surface area (Å²) >= 11 is 3.53. The lowest BCUT2D eigenvalue weighted by molar-refractivity contribution is -0.116. The molecule has 1 heterocycles. The molecule has 0 aromatic heterocycles. The van der Waals surface area contributed by atoms with E-state index < -0.39 is 0 Å². The monoisotopic (exact) mass is 419 g/mol. The van der Waals surface area contributed by atoms with Gasteiger partial charge in [-0.1, -0.05) is 46.3 Å². The first kappa shape index (κ1) is 16.6. The van der Waals surface area contributed by atoms with Crippen molar-refractivity contribution in [2.24, 2.45) is 0 Å². The highest BCUT2D eigenvalue weighted by molar-refractivity contribution is 9.10. The minimum Gasteiger partial charge on any atom is -0.508 e. The molecule has 2 N–H and O–H groups in total. The lowest BCUT2D eigenvalue weighted by atomic mass is 9.74. The zero-order chi connectivity index (χ0) is 18.5. The van der Waals surface area contributed by atoms with E-state index in [1.54, 1.807) is 6.07 Å². The quantitative estimate of drug-likeness (QED) is 0.518. The number of carbonyl (C=O) groups excluding carboxylic acids is 1. The van der Waals surface area contributed by atoms with Crippen molar-refractivity contribution in [3.8, 4) is 5.75 Å². The highest BCUT2D eigenvalue weighted by Gasteiger charge is 2.37. The average Bonchev–Trinajstić information content (AvgIpc) is 2.68. The third-order valence-electron chi connectivity index (χ3n) is 5.59. The Hall–Kier alpha value is -2.59. The lowest BCUT2D eigenvalue weighted by Crippen LogP contribution is -2.27. The van der Waals surface area contributed by atoms with Gasteiger partial charge in [0.25, 0.3) is 0 Å². The molecule has 4 heteroatoms. The van der Waals surface area contributed by atoms with E-state index >= 15 is 0 Å². The third kappa shape index (κ3) is 2.59. The summed E-state index contributed by atoms with van der Waals surface area (Å²) in [6.07, 6.45) is 2.29. The summed E-state index contributed by atoms with van der Waals surface area (Å²) in [6, 6.07) is 17.9. The molecule has 27 heavy (non-hydrogen) atoms. The van der Waals surface area contributed by atoms with Gasteiger partial charge in [-0.25, -0.2) is 0 Å². The van der Waals surface area contributed by atoms with Gasteiger partial charge in [0.2, 0.25) is 0 Å². The normalized spacial score (nSPS) is 18.9. The standard InChI is InChI=1S/C23H18BrNO2/c24-14-9-11-19(26)16(12-14)22-21-15-5-2-1-4-13(15)8-10-18(21)25-17-6-3-7-20(27)23(17)22/h1-2,4-5,8-12,22,25-26H,3,6-7H2/t22-/m1/s1. The Morgan fingerprint density at radius 2 is 1.89 bits per heavy atom. The van der Waals surface area contributed by atoms with Crippen LogP contribution in [-0.4, -0.2) is 10.9 Å². The van der Waals surface area contributed by atoms with Gasteiger partial charge in [-0.15, -0.1) is 0 Å². The summed E-state index contributed by atoms with van der Waals surface area (Å²) in [5.74, 6) is 0.119. The Balaban J connectivity index is 1.87. The van der Waals surface area contributed by atoms with Crippen molar-refractivity contribution in [2.75, 3.05) is 5.32 Å². The fourth-order valence-corrected chi connectivity index (χ4v) is 4.80. The smallest absolute Gasteiger partial charge is 0.161 e. The van der Waals surface area contributed by atoms with Crippen LogP contribution in [0.5, 0.6) is 5.75 Å². The van der Waals surface area contributed by atoms with E-state index in [2.05, 4.69) is 45.5 Å². The summed E-state index contributed by atoms with van der Waals surface area (Å²) < 4.78 is 0.890. The van der Waals surface area contributed by atoms with E-state index in [4.69, 9.17) is 0 Å². The predicted octanol–water partition coefficient (Wildman–Crippen LogP) is 5.87. The van der Waals surface area contributed by atoms with Crippen LogP contribution in [0.2, 0.25) is 0 Å². The summed E-state index contributed by atoms with van der Waals surface area (Å²) in [6.45, 7) is 0. The molecule has 0 bridgehead atoms. The van der Waals surface area contributed by atoms with Crippen molar-refractivity contribution in [1.29, 1.82) is 0 Å². The minimum absolute atomic E-state index is 0.173. The average molecular weight is 420 g/mol. The number of aromatic hydroxyl groups is 1. The highest BCUT2D eigenvalue weighted by Crippen LogP contribution is 2.50. The number of anilines is 1. The molecule has 0 saturated carbocycles. The van der Waals surface area contributed by atoms with Gasteiger partial charge < -0.3 is 10.4 Å². The van der Waals surface area contributed by atoms with E-state index in [1.165, 1.54) is 0 Å². The third-order valence-corrected chi connectivity index (χ3v) is 6.08. The number of rotatable bonds is 1. The Morgan fingerprint density at radius 3 is 2.78 bits per heavy atom. The topological polar surface area (TPSA) is 49.3 Å². The largest absolute Gasteiger partial charge is 0.508 e. The molecule has 0 radical (unpaired) electrons. The number of halogens is 1. The number of hydrogen-bond acceptors (Lipinski definition) is 3. The first-order chi connectivity index (χ1) is 13.1. The molecule has 0 spiro atoms. The second-order valence-corrected chi connectivity index (χ2v) is 8.09. The predicted molar refractivity (Wildman–Crippen MR) is 111 cm³/mol. The Kier molecular flexibility index (Phi) is 3.83. The molecule has 1 aliphatic carbocycles. The van der Waals surface area contributed by atoms with Crippen LogP contribution in [-0.2, 0) is 4.79 Å². The minimum atomic E-state index is -0.271. The van der Waals surface area contributed by atoms with Gasteiger partial charge in [-0.2, -0.15) is 0 Å². The van der Waals surface area contributed by atoms with Gasteiger partial charge in [-0.05, 0) is 53.4 Å². The van der Waals surface area contributed by atoms with Crippen LogP contribution >= 0.6 is 15.9 Å². The van der Waals surface area contributed by atoms with E-state index in [-0.39, 0.29) is 17.5 Å². The van der Waals surface area contributed by atoms with Crippen LogP contribution < -0.4 is 5.32 Å². The molecule has 2 aliphatic rings. The van der Waals surface area contributed by atoms with Gasteiger partial charge in [0, 0.05) is 39.3 Å². The summed E-state index contributed by atoms with van der Waals surface area (Å²) in [7, 11) is 0. The highest BCUT2D eigenvalue weighted by atomic mass is 79.9. The second kappa shape index (κ2) is 6.24. The fourth-order valence-electron chi connectivity index (χ4n) is 4.42. The molecular weight excluding hydrogens is 402 g/mol. The van der Waals surface area contributed by atoms with Crippen molar-refractivity contribution in [1.82, 2.24) is 0 Å². The van der Waals surface area contributed by atoms with E-state index in [1.807, 2.05) is 24.3 Å². The van der Waals surface area contributed by atoms with E-state index in [0.29, 0.717) is 6.42 Å². The number of fused-ring (bicyclic) bond motifs is 3. The molecule has 134 valence electrons. The second-order valence-electron chi connectivity index (χ2n) is 7.18. The van der Waals surface area contributed by atoms with Gasteiger partial charge in [-0.3, -0.25) is 4.79 Å².